The molecule has 3 rings (SSSR count). The van der Waals surface area contributed by atoms with Crippen molar-refractivity contribution < 1.29 is 13.2 Å². The Morgan fingerprint density at radius 3 is 2.38 bits per heavy atom. The molecule has 6 heteroatoms. The van der Waals surface area contributed by atoms with Gasteiger partial charge in [-0.2, -0.15) is 18.3 Å². The van der Waals surface area contributed by atoms with E-state index in [2.05, 4.69) is 10.4 Å². The van der Waals surface area contributed by atoms with Crippen molar-refractivity contribution in [2.45, 2.75) is 25.1 Å². The van der Waals surface area contributed by atoms with E-state index in [1.54, 1.807) is 4.68 Å². The third kappa shape index (κ3) is 2.95. The molecule has 3 nitrogen and oxygen atoms in total. The first-order valence-corrected chi connectivity index (χ1v) is 6.98. The molecule has 1 saturated heterocycles. The van der Waals surface area contributed by atoms with E-state index in [4.69, 9.17) is 0 Å². The molecule has 0 atom stereocenters. The lowest BCUT2D eigenvalue weighted by Gasteiger charge is -2.24. The van der Waals surface area contributed by atoms with Crippen molar-refractivity contribution in [1.82, 2.24) is 15.1 Å². The summed E-state index contributed by atoms with van der Waals surface area (Å²) < 4.78 is 40.5. The van der Waals surface area contributed by atoms with Crippen LogP contribution in [0.25, 0.3) is 11.3 Å². The van der Waals surface area contributed by atoms with Crippen LogP contribution < -0.4 is 5.32 Å². The van der Waals surface area contributed by atoms with Gasteiger partial charge in [0.25, 0.3) is 0 Å². The number of piperidine rings is 1. The summed E-state index contributed by atoms with van der Waals surface area (Å²) in [5.74, 6) is 0. The molecule has 1 fully saturated rings. The monoisotopic (exact) mass is 295 g/mol. The van der Waals surface area contributed by atoms with Gasteiger partial charge in [0.15, 0.2) is 5.69 Å². The van der Waals surface area contributed by atoms with Gasteiger partial charge in [0.2, 0.25) is 0 Å². The number of hydrogen-bond acceptors (Lipinski definition) is 2. The third-order valence-corrected chi connectivity index (χ3v) is 3.75. The zero-order chi connectivity index (χ0) is 14.9. The second-order valence-corrected chi connectivity index (χ2v) is 5.20. The average Bonchev–Trinajstić information content (AvgIpc) is 2.94. The van der Waals surface area contributed by atoms with Gasteiger partial charge < -0.3 is 5.32 Å². The molecule has 112 valence electrons. The molecule has 21 heavy (non-hydrogen) atoms. The molecular formula is C15H16F3N3. The highest BCUT2D eigenvalue weighted by Gasteiger charge is 2.36. The number of hydrogen-bond donors (Lipinski definition) is 1. The second kappa shape index (κ2) is 5.52. The molecule has 0 bridgehead atoms. The predicted octanol–water partition coefficient (Wildman–Crippen LogP) is 3.49. The van der Waals surface area contributed by atoms with Gasteiger partial charge in [-0.1, -0.05) is 30.3 Å². The van der Waals surface area contributed by atoms with Crippen LogP contribution in [-0.4, -0.2) is 22.9 Å². The Bertz CT molecular complexity index is 598. The Hall–Kier alpha value is -1.82. The van der Waals surface area contributed by atoms with Crippen LogP contribution in [-0.2, 0) is 6.18 Å². The van der Waals surface area contributed by atoms with Gasteiger partial charge in [-0.15, -0.1) is 0 Å². The fraction of sp³-hybridized carbons (Fsp3) is 0.400. The molecule has 0 saturated carbocycles. The van der Waals surface area contributed by atoms with Crippen molar-refractivity contribution in [2.24, 2.45) is 0 Å². The van der Waals surface area contributed by atoms with Crippen LogP contribution in [0.4, 0.5) is 13.2 Å². The minimum absolute atomic E-state index is 0.0116. The van der Waals surface area contributed by atoms with Crippen molar-refractivity contribution in [3.05, 3.63) is 42.1 Å². The Kier molecular flexibility index (Phi) is 3.71. The normalized spacial score (nSPS) is 17.1. The molecule has 0 unspecified atom stereocenters. The summed E-state index contributed by atoms with van der Waals surface area (Å²) in [5.41, 5.74) is 0.480. The van der Waals surface area contributed by atoms with E-state index in [1.807, 2.05) is 30.3 Å². The van der Waals surface area contributed by atoms with Crippen molar-refractivity contribution in [3.63, 3.8) is 0 Å². The maximum atomic E-state index is 13.0. The summed E-state index contributed by atoms with van der Waals surface area (Å²) in [5, 5.41) is 7.06. The van der Waals surface area contributed by atoms with E-state index in [9.17, 15) is 13.2 Å². The van der Waals surface area contributed by atoms with Gasteiger partial charge in [-0.25, -0.2) is 0 Å². The van der Waals surface area contributed by atoms with Crippen LogP contribution in [0.1, 0.15) is 24.6 Å². The zero-order valence-corrected chi connectivity index (χ0v) is 11.4. The second-order valence-electron chi connectivity index (χ2n) is 5.20. The standard InChI is InChI=1S/C15H16F3N3/c16-15(17,18)14-10-13(11-4-2-1-3-5-11)21(20-14)12-6-8-19-9-7-12/h1-5,10,12,19H,6-9H2. The van der Waals surface area contributed by atoms with Crippen LogP contribution in [0.2, 0.25) is 0 Å². The number of aromatic nitrogens is 2. The molecule has 0 spiro atoms. The fourth-order valence-electron chi connectivity index (χ4n) is 2.69. The summed E-state index contributed by atoms with van der Waals surface area (Å²) in [6.45, 7) is 1.61. The SMILES string of the molecule is FC(F)(F)c1cc(-c2ccccc2)n(C2CCNCC2)n1. The average molecular weight is 295 g/mol. The van der Waals surface area contributed by atoms with E-state index >= 15 is 0 Å². The molecule has 2 heterocycles. The van der Waals surface area contributed by atoms with E-state index in [1.165, 1.54) is 0 Å². The summed E-state index contributed by atoms with van der Waals surface area (Å²) in [7, 11) is 0. The van der Waals surface area contributed by atoms with Crippen LogP contribution in [0.15, 0.2) is 36.4 Å². The van der Waals surface area contributed by atoms with Gasteiger partial charge >= 0.3 is 6.18 Å². The number of alkyl halides is 3. The lowest BCUT2D eigenvalue weighted by Crippen LogP contribution is -2.30. The molecule has 1 aromatic carbocycles. The molecule has 0 aliphatic carbocycles. The largest absolute Gasteiger partial charge is 0.435 e. The number of nitrogens with zero attached hydrogens (tertiary/aromatic N) is 2. The maximum absolute atomic E-state index is 13.0. The first-order valence-electron chi connectivity index (χ1n) is 6.98. The van der Waals surface area contributed by atoms with E-state index < -0.39 is 11.9 Å². The number of halogens is 3. The van der Waals surface area contributed by atoms with Crippen LogP contribution in [0, 0.1) is 0 Å². The molecule has 2 aromatic rings. The Balaban J connectivity index is 2.06. The number of rotatable bonds is 2. The van der Waals surface area contributed by atoms with Crippen molar-refractivity contribution >= 4 is 0 Å². The first-order chi connectivity index (χ1) is 10.1. The molecule has 1 N–H and O–H groups in total. The highest BCUT2D eigenvalue weighted by molar-refractivity contribution is 5.60. The van der Waals surface area contributed by atoms with Crippen LogP contribution >= 0.6 is 0 Å². The van der Waals surface area contributed by atoms with Gasteiger partial charge in [0, 0.05) is 0 Å². The quantitative estimate of drug-likeness (QED) is 0.919. The van der Waals surface area contributed by atoms with Crippen molar-refractivity contribution in [1.29, 1.82) is 0 Å². The summed E-state index contributed by atoms with van der Waals surface area (Å²) in [4.78, 5) is 0. The number of nitrogens with one attached hydrogen (secondary N) is 1. The van der Waals surface area contributed by atoms with Crippen molar-refractivity contribution in [3.8, 4) is 11.3 Å². The lowest BCUT2D eigenvalue weighted by molar-refractivity contribution is -0.141. The van der Waals surface area contributed by atoms with Crippen LogP contribution in [0.5, 0.6) is 0 Å². The highest BCUT2D eigenvalue weighted by Crippen LogP contribution is 2.34. The van der Waals surface area contributed by atoms with Crippen molar-refractivity contribution in [2.75, 3.05) is 13.1 Å². The summed E-state index contributed by atoms with van der Waals surface area (Å²) >= 11 is 0. The van der Waals surface area contributed by atoms with E-state index in [0.29, 0.717) is 5.69 Å². The number of benzene rings is 1. The predicted molar refractivity (Wildman–Crippen MR) is 73.8 cm³/mol. The molecule has 1 aliphatic rings. The smallest absolute Gasteiger partial charge is 0.317 e. The van der Waals surface area contributed by atoms with Crippen LogP contribution in [0.3, 0.4) is 0 Å². The first kappa shape index (κ1) is 14.1. The molecule has 1 aromatic heterocycles. The fourth-order valence-corrected chi connectivity index (χ4v) is 2.69. The third-order valence-electron chi connectivity index (χ3n) is 3.75. The minimum Gasteiger partial charge on any atom is -0.317 e. The highest BCUT2D eigenvalue weighted by atomic mass is 19.4. The Labute approximate surface area is 120 Å². The van der Waals surface area contributed by atoms with Gasteiger partial charge in [0.1, 0.15) is 0 Å². The molecule has 1 aliphatic heterocycles. The summed E-state index contributed by atoms with van der Waals surface area (Å²) in [6, 6.07) is 10.3. The van der Waals surface area contributed by atoms with Gasteiger partial charge in [-0.05, 0) is 37.6 Å². The molecule has 0 radical (unpaired) electrons. The zero-order valence-electron chi connectivity index (χ0n) is 11.4. The van der Waals surface area contributed by atoms with Gasteiger partial charge in [-0.3, -0.25) is 4.68 Å². The Morgan fingerprint density at radius 1 is 1.10 bits per heavy atom. The molecule has 0 amide bonds. The van der Waals surface area contributed by atoms with E-state index in [0.717, 1.165) is 37.6 Å². The maximum Gasteiger partial charge on any atom is 0.435 e. The lowest BCUT2D eigenvalue weighted by atomic mass is 10.1. The van der Waals surface area contributed by atoms with Gasteiger partial charge in [0.05, 0.1) is 11.7 Å². The topological polar surface area (TPSA) is 29.9 Å². The van der Waals surface area contributed by atoms with E-state index in [-0.39, 0.29) is 6.04 Å². The minimum atomic E-state index is -4.41. The Morgan fingerprint density at radius 2 is 1.76 bits per heavy atom. The summed E-state index contributed by atoms with van der Waals surface area (Å²) in [6.07, 6.45) is -2.83. The molecular weight excluding hydrogens is 279 g/mol.